The number of rotatable bonds is 4. The minimum atomic E-state index is 0.0467. The van der Waals surface area contributed by atoms with Gasteiger partial charge < -0.3 is 14.9 Å². The first-order valence-electron chi connectivity index (χ1n) is 7.46. The van der Waals surface area contributed by atoms with Gasteiger partial charge in [-0.25, -0.2) is 9.97 Å². The molecule has 0 aromatic carbocycles. The quantitative estimate of drug-likeness (QED) is 0.788. The Kier molecular flexibility index (Phi) is 4.17. The molecule has 0 saturated heterocycles. The minimum absolute atomic E-state index is 0.0467. The molecule has 6 heteroatoms. The highest BCUT2D eigenvalue weighted by atomic mass is 16.5. The van der Waals surface area contributed by atoms with E-state index in [9.17, 15) is 5.26 Å². The number of nitrogens with two attached hydrogens (primary N) is 1. The molecule has 0 aliphatic heterocycles. The molecule has 3 aromatic heterocycles. The molecular weight excluding hydrogens is 304 g/mol. The van der Waals surface area contributed by atoms with Crippen LogP contribution in [0, 0.1) is 11.3 Å². The van der Waals surface area contributed by atoms with Crippen molar-refractivity contribution in [3.63, 3.8) is 0 Å². The van der Waals surface area contributed by atoms with Crippen molar-refractivity contribution in [1.82, 2.24) is 9.97 Å². The third-order valence-electron chi connectivity index (χ3n) is 3.33. The molecule has 0 aliphatic carbocycles. The topological polar surface area (TPSA) is 98.0 Å². The van der Waals surface area contributed by atoms with E-state index in [1.54, 1.807) is 36.7 Å². The van der Waals surface area contributed by atoms with E-state index in [2.05, 4.69) is 16.0 Å². The predicted octanol–water partition coefficient (Wildman–Crippen LogP) is 3.64. The Morgan fingerprint density at radius 3 is 2.71 bits per heavy atom. The van der Waals surface area contributed by atoms with Crippen molar-refractivity contribution in [2.75, 3.05) is 5.73 Å². The molecule has 0 aliphatic rings. The lowest BCUT2D eigenvalue weighted by molar-refractivity contribution is 0.232. The maximum Gasteiger partial charge on any atom is 0.213 e. The molecule has 24 heavy (non-hydrogen) atoms. The van der Waals surface area contributed by atoms with Crippen LogP contribution in [0.1, 0.15) is 19.4 Å². The van der Waals surface area contributed by atoms with Gasteiger partial charge in [0.05, 0.1) is 17.9 Å². The van der Waals surface area contributed by atoms with Crippen molar-refractivity contribution < 1.29 is 9.15 Å². The maximum atomic E-state index is 9.23. The molecular formula is C18H16N4O2. The highest BCUT2D eigenvalue weighted by Gasteiger charge is 2.16. The Balaban J connectivity index is 2.10. The molecule has 0 fully saturated rings. The van der Waals surface area contributed by atoms with Crippen LogP contribution in [0.25, 0.3) is 22.6 Å². The lowest BCUT2D eigenvalue weighted by Crippen LogP contribution is -2.06. The number of nitrogens with zero attached hydrogens (tertiary/aromatic N) is 3. The number of anilines is 1. The van der Waals surface area contributed by atoms with Gasteiger partial charge in [0.1, 0.15) is 17.6 Å². The molecule has 0 atom stereocenters. The van der Waals surface area contributed by atoms with Crippen LogP contribution in [-0.2, 0) is 0 Å². The molecule has 3 rings (SSSR count). The molecule has 3 aromatic rings. The van der Waals surface area contributed by atoms with E-state index in [4.69, 9.17) is 14.9 Å². The van der Waals surface area contributed by atoms with Crippen LogP contribution in [0.15, 0.2) is 47.2 Å². The summed E-state index contributed by atoms with van der Waals surface area (Å²) in [6.07, 6.45) is 3.29. The van der Waals surface area contributed by atoms with E-state index in [0.717, 1.165) is 11.1 Å². The van der Waals surface area contributed by atoms with E-state index in [0.29, 0.717) is 22.9 Å². The largest absolute Gasteiger partial charge is 0.475 e. The Hall–Kier alpha value is -3.33. The average Bonchev–Trinajstić information content (AvgIpc) is 3.09. The van der Waals surface area contributed by atoms with Crippen LogP contribution in [0.3, 0.4) is 0 Å². The average molecular weight is 320 g/mol. The van der Waals surface area contributed by atoms with E-state index in [-0.39, 0.29) is 11.9 Å². The van der Waals surface area contributed by atoms with Crippen molar-refractivity contribution >= 4 is 5.82 Å². The summed E-state index contributed by atoms with van der Waals surface area (Å²) in [6.45, 7) is 3.88. The Bertz CT molecular complexity index is 879. The number of hydrogen-bond acceptors (Lipinski definition) is 6. The second kappa shape index (κ2) is 6.42. The van der Waals surface area contributed by atoms with Gasteiger partial charge in [0.2, 0.25) is 5.88 Å². The van der Waals surface area contributed by atoms with Crippen molar-refractivity contribution in [2.24, 2.45) is 0 Å². The number of nitrogen functional groups attached to an aromatic ring is 1. The molecule has 3 heterocycles. The summed E-state index contributed by atoms with van der Waals surface area (Å²) in [5.74, 6) is 1.28. The second-order valence-corrected chi connectivity index (χ2v) is 5.46. The molecule has 0 amide bonds. The van der Waals surface area contributed by atoms with E-state index >= 15 is 0 Å². The van der Waals surface area contributed by atoms with Gasteiger partial charge in [-0.15, -0.1) is 0 Å². The van der Waals surface area contributed by atoms with Crippen LogP contribution >= 0.6 is 0 Å². The van der Waals surface area contributed by atoms with Gasteiger partial charge in [0.25, 0.3) is 0 Å². The van der Waals surface area contributed by atoms with Crippen LogP contribution in [0.2, 0.25) is 0 Å². The SMILES string of the molecule is CC(C)Oc1ccc(-c2cc(C#N)c(N)nc2-c2ccco2)cn1. The molecule has 0 radical (unpaired) electrons. The summed E-state index contributed by atoms with van der Waals surface area (Å²) < 4.78 is 11.0. The van der Waals surface area contributed by atoms with Gasteiger partial charge in [0.15, 0.2) is 5.76 Å². The van der Waals surface area contributed by atoms with Gasteiger partial charge in [0, 0.05) is 23.4 Å². The summed E-state index contributed by atoms with van der Waals surface area (Å²) in [5, 5.41) is 9.23. The fraction of sp³-hybridized carbons (Fsp3) is 0.167. The lowest BCUT2D eigenvalue weighted by atomic mass is 10.0. The van der Waals surface area contributed by atoms with Crippen molar-refractivity contribution in [2.45, 2.75) is 20.0 Å². The van der Waals surface area contributed by atoms with Crippen LogP contribution in [0.4, 0.5) is 5.82 Å². The number of nitriles is 1. The number of furan rings is 1. The van der Waals surface area contributed by atoms with Crippen molar-refractivity contribution in [3.8, 4) is 34.5 Å². The predicted molar refractivity (Wildman–Crippen MR) is 90.1 cm³/mol. The number of aromatic nitrogens is 2. The van der Waals surface area contributed by atoms with Crippen LogP contribution < -0.4 is 10.5 Å². The number of ether oxygens (including phenoxy) is 1. The third-order valence-corrected chi connectivity index (χ3v) is 3.33. The summed E-state index contributed by atoms with van der Waals surface area (Å²) in [5.41, 5.74) is 8.24. The first-order chi connectivity index (χ1) is 11.6. The van der Waals surface area contributed by atoms with E-state index in [1.807, 2.05) is 19.9 Å². The molecule has 0 bridgehead atoms. The molecule has 6 nitrogen and oxygen atoms in total. The summed E-state index contributed by atoms with van der Waals surface area (Å²) in [7, 11) is 0. The van der Waals surface area contributed by atoms with Gasteiger partial charge in [-0.1, -0.05) is 0 Å². The smallest absolute Gasteiger partial charge is 0.213 e. The normalized spacial score (nSPS) is 10.6. The highest BCUT2D eigenvalue weighted by Crippen LogP contribution is 2.33. The second-order valence-electron chi connectivity index (χ2n) is 5.46. The first-order valence-corrected chi connectivity index (χ1v) is 7.46. The monoisotopic (exact) mass is 320 g/mol. The van der Waals surface area contributed by atoms with Crippen LogP contribution in [-0.4, -0.2) is 16.1 Å². The molecule has 0 saturated carbocycles. The Morgan fingerprint density at radius 1 is 1.29 bits per heavy atom. The first kappa shape index (κ1) is 15.6. The zero-order valence-electron chi connectivity index (χ0n) is 13.4. The van der Waals surface area contributed by atoms with E-state index < -0.39 is 0 Å². The number of hydrogen-bond donors (Lipinski definition) is 1. The Labute approximate surface area is 139 Å². The molecule has 0 unspecified atom stereocenters. The van der Waals surface area contributed by atoms with Gasteiger partial charge in [-0.3, -0.25) is 0 Å². The zero-order chi connectivity index (χ0) is 17.1. The maximum absolute atomic E-state index is 9.23. The zero-order valence-corrected chi connectivity index (χ0v) is 13.4. The van der Waals surface area contributed by atoms with Gasteiger partial charge in [-0.2, -0.15) is 5.26 Å². The minimum Gasteiger partial charge on any atom is -0.475 e. The fourth-order valence-corrected chi connectivity index (χ4v) is 2.29. The van der Waals surface area contributed by atoms with Crippen molar-refractivity contribution in [1.29, 1.82) is 5.26 Å². The lowest BCUT2D eigenvalue weighted by Gasteiger charge is -2.11. The number of pyridine rings is 2. The summed E-state index contributed by atoms with van der Waals surface area (Å²) >= 11 is 0. The summed E-state index contributed by atoms with van der Waals surface area (Å²) in [4.78, 5) is 8.64. The Morgan fingerprint density at radius 2 is 2.12 bits per heavy atom. The van der Waals surface area contributed by atoms with Gasteiger partial charge in [-0.05, 0) is 38.1 Å². The fourth-order valence-electron chi connectivity index (χ4n) is 2.29. The molecule has 2 N–H and O–H groups in total. The standard InChI is InChI=1S/C18H16N4O2/c1-11(2)24-16-6-5-12(10-21-16)14-8-13(9-19)18(20)22-17(14)15-4-3-7-23-15/h3-8,10-11H,1-2H3,(H2,20,22). The molecule has 120 valence electrons. The third kappa shape index (κ3) is 3.06. The van der Waals surface area contributed by atoms with Crippen molar-refractivity contribution in [3.05, 3.63) is 48.4 Å². The van der Waals surface area contributed by atoms with Gasteiger partial charge >= 0.3 is 0 Å². The van der Waals surface area contributed by atoms with Crippen LogP contribution in [0.5, 0.6) is 5.88 Å². The summed E-state index contributed by atoms with van der Waals surface area (Å²) in [6, 6.07) is 11.0. The molecule has 0 spiro atoms. The van der Waals surface area contributed by atoms with E-state index in [1.165, 1.54) is 0 Å². The highest BCUT2D eigenvalue weighted by molar-refractivity contribution is 5.81.